The van der Waals surface area contributed by atoms with Crippen molar-refractivity contribution in [1.82, 2.24) is 9.78 Å². The Morgan fingerprint density at radius 2 is 2.00 bits per heavy atom. The molecule has 1 aromatic heterocycles. The van der Waals surface area contributed by atoms with Gasteiger partial charge in [-0.15, -0.1) is 0 Å². The second-order valence-corrected chi connectivity index (χ2v) is 3.67. The normalized spacial score (nSPS) is 10.2. The molecule has 0 aliphatic carbocycles. The number of carbonyl (C=O) groups is 1. The quantitative estimate of drug-likeness (QED) is 0.628. The van der Waals surface area contributed by atoms with Crippen molar-refractivity contribution in [2.45, 2.75) is 6.92 Å². The Morgan fingerprint density at radius 3 is 2.59 bits per heavy atom. The van der Waals surface area contributed by atoms with Crippen molar-refractivity contribution in [2.24, 2.45) is 0 Å². The first-order valence-electron chi connectivity index (χ1n) is 5.12. The molecule has 0 amide bonds. The van der Waals surface area contributed by atoms with E-state index in [1.807, 2.05) is 19.1 Å². The molecule has 0 bridgehead atoms. The van der Waals surface area contributed by atoms with Crippen LogP contribution in [0, 0.1) is 6.92 Å². The van der Waals surface area contributed by atoms with Gasteiger partial charge in [-0.25, -0.2) is 9.48 Å². The highest BCUT2D eigenvalue weighted by Crippen LogP contribution is 2.14. The second-order valence-electron chi connectivity index (χ2n) is 3.67. The van der Waals surface area contributed by atoms with Crippen LogP contribution in [0.5, 0.6) is 0 Å². The lowest BCUT2D eigenvalue weighted by Crippen LogP contribution is -2.04. The number of esters is 1. The van der Waals surface area contributed by atoms with Gasteiger partial charge in [0.25, 0.3) is 0 Å². The third-order valence-corrected chi connectivity index (χ3v) is 2.42. The lowest BCUT2D eigenvalue weighted by atomic mass is 10.3. The van der Waals surface area contributed by atoms with Gasteiger partial charge < -0.3 is 10.5 Å². The molecule has 88 valence electrons. The summed E-state index contributed by atoms with van der Waals surface area (Å²) in [5.41, 5.74) is 8.30. The Bertz CT molecular complexity index is 543. The number of carbonyl (C=O) groups excluding carboxylic acids is 1. The second kappa shape index (κ2) is 4.29. The molecule has 0 radical (unpaired) electrons. The molecule has 17 heavy (non-hydrogen) atoms. The molecule has 0 saturated heterocycles. The number of aryl methyl sites for hydroxylation is 1. The number of methoxy groups -OCH3 is 1. The minimum atomic E-state index is -0.442. The Kier molecular flexibility index (Phi) is 2.82. The van der Waals surface area contributed by atoms with Gasteiger partial charge in [0.2, 0.25) is 0 Å². The van der Waals surface area contributed by atoms with E-state index in [0.717, 1.165) is 11.4 Å². The van der Waals surface area contributed by atoms with E-state index in [1.54, 1.807) is 22.9 Å². The third-order valence-electron chi connectivity index (χ3n) is 2.42. The van der Waals surface area contributed by atoms with E-state index in [-0.39, 0.29) is 0 Å². The summed E-state index contributed by atoms with van der Waals surface area (Å²) in [6.07, 6.45) is 0. The van der Waals surface area contributed by atoms with Crippen molar-refractivity contribution in [3.8, 4) is 5.69 Å². The molecule has 1 aromatic carbocycles. The zero-order valence-corrected chi connectivity index (χ0v) is 9.68. The third kappa shape index (κ3) is 2.13. The predicted octanol–water partition coefficient (Wildman–Crippen LogP) is 1.55. The van der Waals surface area contributed by atoms with Gasteiger partial charge in [0.05, 0.1) is 12.8 Å². The maximum Gasteiger partial charge on any atom is 0.358 e. The predicted molar refractivity (Wildman–Crippen MR) is 64.1 cm³/mol. The van der Waals surface area contributed by atoms with Crippen LogP contribution in [-0.2, 0) is 4.74 Å². The lowest BCUT2D eigenvalue weighted by Gasteiger charge is -2.03. The Labute approximate surface area is 98.8 Å². The highest BCUT2D eigenvalue weighted by molar-refractivity contribution is 5.87. The summed E-state index contributed by atoms with van der Waals surface area (Å²) in [5.74, 6) is -0.442. The summed E-state index contributed by atoms with van der Waals surface area (Å²) >= 11 is 0. The maximum atomic E-state index is 11.3. The zero-order chi connectivity index (χ0) is 12.4. The van der Waals surface area contributed by atoms with Gasteiger partial charge in [-0.1, -0.05) is 0 Å². The van der Waals surface area contributed by atoms with Gasteiger partial charge in [-0.05, 0) is 37.3 Å². The Balaban J connectivity index is 2.42. The van der Waals surface area contributed by atoms with Crippen LogP contribution in [0.15, 0.2) is 30.3 Å². The van der Waals surface area contributed by atoms with Gasteiger partial charge in [0, 0.05) is 11.4 Å². The fraction of sp³-hybridized carbons (Fsp3) is 0.167. The first-order valence-corrected chi connectivity index (χ1v) is 5.12. The van der Waals surface area contributed by atoms with Gasteiger partial charge in [-0.2, -0.15) is 5.10 Å². The summed E-state index contributed by atoms with van der Waals surface area (Å²) in [5, 5.41) is 4.18. The van der Waals surface area contributed by atoms with Crippen LogP contribution < -0.4 is 5.73 Å². The highest BCUT2D eigenvalue weighted by atomic mass is 16.5. The highest BCUT2D eigenvalue weighted by Gasteiger charge is 2.12. The molecule has 0 atom stereocenters. The molecule has 5 heteroatoms. The SMILES string of the molecule is COC(=O)c1cc(C)n(-c2ccc(N)cc2)n1. The molecule has 0 saturated carbocycles. The fourth-order valence-corrected chi connectivity index (χ4v) is 1.56. The van der Waals surface area contributed by atoms with E-state index in [1.165, 1.54) is 7.11 Å². The van der Waals surface area contributed by atoms with Crippen molar-refractivity contribution >= 4 is 11.7 Å². The number of anilines is 1. The summed E-state index contributed by atoms with van der Waals surface area (Å²) < 4.78 is 6.30. The number of nitrogen functional groups attached to an aromatic ring is 1. The van der Waals surface area contributed by atoms with Crippen LogP contribution in [0.3, 0.4) is 0 Å². The Hall–Kier alpha value is -2.30. The average Bonchev–Trinajstić information content (AvgIpc) is 2.71. The lowest BCUT2D eigenvalue weighted by molar-refractivity contribution is 0.0593. The van der Waals surface area contributed by atoms with Crippen LogP contribution in [0.2, 0.25) is 0 Å². The smallest absolute Gasteiger partial charge is 0.358 e. The molecule has 0 aliphatic rings. The minimum absolute atomic E-state index is 0.293. The first kappa shape index (κ1) is 11.2. The van der Waals surface area contributed by atoms with E-state index in [9.17, 15) is 4.79 Å². The van der Waals surface area contributed by atoms with E-state index in [4.69, 9.17) is 5.73 Å². The van der Waals surface area contributed by atoms with Crippen LogP contribution >= 0.6 is 0 Å². The molecule has 5 nitrogen and oxygen atoms in total. The number of aromatic nitrogens is 2. The largest absolute Gasteiger partial charge is 0.464 e. The number of nitrogens with zero attached hydrogens (tertiary/aromatic N) is 2. The van der Waals surface area contributed by atoms with Crippen molar-refractivity contribution in [1.29, 1.82) is 0 Å². The van der Waals surface area contributed by atoms with Gasteiger partial charge in [-0.3, -0.25) is 0 Å². The van der Waals surface area contributed by atoms with Gasteiger partial charge in [0.1, 0.15) is 0 Å². The van der Waals surface area contributed by atoms with Crippen molar-refractivity contribution in [3.05, 3.63) is 41.7 Å². The number of hydrogen-bond acceptors (Lipinski definition) is 4. The average molecular weight is 231 g/mol. The standard InChI is InChI=1S/C12H13N3O2/c1-8-7-11(12(16)17-2)14-15(8)10-5-3-9(13)4-6-10/h3-7H,13H2,1-2H3. The van der Waals surface area contributed by atoms with E-state index in [2.05, 4.69) is 9.84 Å². The van der Waals surface area contributed by atoms with Crippen molar-refractivity contribution < 1.29 is 9.53 Å². The molecule has 2 N–H and O–H groups in total. The molecule has 0 spiro atoms. The maximum absolute atomic E-state index is 11.3. The van der Waals surface area contributed by atoms with E-state index in [0.29, 0.717) is 11.4 Å². The summed E-state index contributed by atoms with van der Waals surface area (Å²) in [4.78, 5) is 11.3. The summed E-state index contributed by atoms with van der Waals surface area (Å²) in [6.45, 7) is 1.87. The molecule has 2 aromatic rings. The molecule has 0 aliphatic heterocycles. The molecule has 0 fully saturated rings. The molecule has 1 heterocycles. The van der Waals surface area contributed by atoms with Gasteiger partial charge >= 0.3 is 5.97 Å². The zero-order valence-electron chi connectivity index (χ0n) is 9.68. The van der Waals surface area contributed by atoms with E-state index >= 15 is 0 Å². The van der Waals surface area contributed by atoms with E-state index < -0.39 is 5.97 Å². The molecular formula is C12H13N3O2. The van der Waals surface area contributed by atoms with Crippen LogP contribution in [0.1, 0.15) is 16.2 Å². The van der Waals surface area contributed by atoms with Gasteiger partial charge in [0.15, 0.2) is 5.69 Å². The molecular weight excluding hydrogens is 218 g/mol. The first-order chi connectivity index (χ1) is 8.11. The van der Waals surface area contributed by atoms with Crippen LogP contribution in [-0.4, -0.2) is 22.9 Å². The number of ether oxygens (including phenoxy) is 1. The van der Waals surface area contributed by atoms with Crippen molar-refractivity contribution in [2.75, 3.05) is 12.8 Å². The van der Waals surface area contributed by atoms with Crippen LogP contribution in [0.25, 0.3) is 5.69 Å². The fourth-order valence-electron chi connectivity index (χ4n) is 1.56. The van der Waals surface area contributed by atoms with Crippen molar-refractivity contribution in [3.63, 3.8) is 0 Å². The summed E-state index contributed by atoms with van der Waals surface area (Å²) in [6, 6.07) is 8.94. The summed E-state index contributed by atoms with van der Waals surface area (Å²) in [7, 11) is 1.33. The number of nitrogens with two attached hydrogens (primary N) is 1. The number of benzene rings is 1. The molecule has 0 unspecified atom stereocenters. The minimum Gasteiger partial charge on any atom is -0.464 e. The number of hydrogen-bond donors (Lipinski definition) is 1. The van der Waals surface area contributed by atoms with Crippen LogP contribution in [0.4, 0.5) is 5.69 Å². The monoisotopic (exact) mass is 231 g/mol. The Morgan fingerprint density at radius 1 is 1.35 bits per heavy atom. The number of rotatable bonds is 2. The topological polar surface area (TPSA) is 70.1 Å². The molecule has 2 rings (SSSR count).